The molecule has 0 aliphatic rings. The Labute approximate surface area is 110 Å². The van der Waals surface area contributed by atoms with Gasteiger partial charge in [-0.1, -0.05) is 0 Å². The van der Waals surface area contributed by atoms with E-state index in [9.17, 15) is 9.18 Å². The van der Waals surface area contributed by atoms with Gasteiger partial charge in [0, 0.05) is 12.2 Å². The zero-order valence-electron chi connectivity index (χ0n) is 10.4. The molecule has 1 heterocycles. The lowest BCUT2D eigenvalue weighted by Crippen LogP contribution is -2.16. The minimum absolute atomic E-state index is 0.00101. The second-order valence-electron chi connectivity index (χ2n) is 3.93. The predicted molar refractivity (Wildman–Crippen MR) is 70.3 cm³/mol. The standard InChI is InChI=1S/C14H13FN2O2/c1-2-17(11-5-3-10(15)4-6-11)12-7-8-13(14(18)19)16-9-12/h3-9H,2H2,1H3,(H,18,19). The van der Waals surface area contributed by atoms with E-state index < -0.39 is 5.97 Å². The summed E-state index contributed by atoms with van der Waals surface area (Å²) >= 11 is 0. The van der Waals surface area contributed by atoms with Crippen molar-refractivity contribution in [2.24, 2.45) is 0 Å². The fourth-order valence-electron chi connectivity index (χ4n) is 1.81. The Bertz CT molecular complexity index is 567. The number of aromatic nitrogens is 1. The van der Waals surface area contributed by atoms with Crippen LogP contribution in [0.15, 0.2) is 42.6 Å². The van der Waals surface area contributed by atoms with Gasteiger partial charge in [-0.15, -0.1) is 0 Å². The van der Waals surface area contributed by atoms with Crippen LogP contribution in [0.3, 0.4) is 0 Å². The molecule has 0 radical (unpaired) electrons. The topological polar surface area (TPSA) is 53.4 Å². The van der Waals surface area contributed by atoms with Gasteiger partial charge in [0.2, 0.25) is 0 Å². The van der Waals surface area contributed by atoms with Gasteiger partial charge in [-0.25, -0.2) is 14.2 Å². The molecule has 0 aliphatic carbocycles. The van der Waals surface area contributed by atoms with Gasteiger partial charge in [0.05, 0.1) is 11.9 Å². The fraction of sp³-hybridized carbons (Fsp3) is 0.143. The highest BCUT2D eigenvalue weighted by atomic mass is 19.1. The molecule has 0 saturated heterocycles. The smallest absolute Gasteiger partial charge is 0.354 e. The Morgan fingerprint density at radius 3 is 2.32 bits per heavy atom. The molecule has 0 aliphatic heterocycles. The Balaban J connectivity index is 2.31. The van der Waals surface area contributed by atoms with Gasteiger partial charge in [0.15, 0.2) is 0 Å². The van der Waals surface area contributed by atoms with Crippen molar-refractivity contribution in [1.29, 1.82) is 0 Å². The first-order chi connectivity index (χ1) is 9.11. The van der Waals surface area contributed by atoms with Gasteiger partial charge < -0.3 is 10.0 Å². The van der Waals surface area contributed by atoms with E-state index in [1.807, 2.05) is 11.8 Å². The molecule has 0 bridgehead atoms. The summed E-state index contributed by atoms with van der Waals surface area (Å²) in [6.07, 6.45) is 1.50. The minimum Gasteiger partial charge on any atom is -0.477 e. The molecule has 0 unspecified atom stereocenters. The van der Waals surface area contributed by atoms with E-state index in [0.29, 0.717) is 6.54 Å². The zero-order valence-corrected chi connectivity index (χ0v) is 10.4. The van der Waals surface area contributed by atoms with Crippen molar-refractivity contribution < 1.29 is 14.3 Å². The number of hydrogen-bond acceptors (Lipinski definition) is 3. The van der Waals surface area contributed by atoms with Crippen LogP contribution in [-0.4, -0.2) is 22.6 Å². The van der Waals surface area contributed by atoms with E-state index in [-0.39, 0.29) is 11.5 Å². The number of benzene rings is 1. The molecule has 0 spiro atoms. The lowest BCUT2D eigenvalue weighted by molar-refractivity contribution is 0.0690. The van der Waals surface area contributed by atoms with E-state index >= 15 is 0 Å². The first-order valence-corrected chi connectivity index (χ1v) is 5.84. The molecular weight excluding hydrogens is 247 g/mol. The second-order valence-corrected chi connectivity index (χ2v) is 3.93. The van der Waals surface area contributed by atoms with Crippen LogP contribution in [-0.2, 0) is 0 Å². The van der Waals surface area contributed by atoms with Crippen molar-refractivity contribution in [3.05, 3.63) is 54.1 Å². The van der Waals surface area contributed by atoms with Crippen LogP contribution < -0.4 is 4.90 Å². The number of anilines is 2. The van der Waals surface area contributed by atoms with Gasteiger partial charge in [0.25, 0.3) is 0 Å². The quantitative estimate of drug-likeness (QED) is 0.917. The first kappa shape index (κ1) is 13.0. The van der Waals surface area contributed by atoms with E-state index in [4.69, 9.17) is 5.11 Å². The number of halogens is 1. The maximum Gasteiger partial charge on any atom is 0.354 e. The minimum atomic E-state index is -1.06. The molecule has 98 valence electrons. The normalized spacial score (nSPS) is 10.2. The highest BCUT2D eigenvalue weighted by Gasteiger charge is 2.09. The number of aromatic carboxylic acids is 1. The van der Waals surface area contributed by atoms with Crippen LogP contribution in [0.4, 0.5) is 15.8 Å². The molecule has 19 heavy (non-hydrogen) atoms. The summed E-state index contributed by atoms with van der Waals surface area (Å²) in [6.45, 7) is 2.62. The molecule has 5 heteroatoms. The molecular formula is C14H13FN2O2. The lowest BCUT2D eigenvalue weighted by Gasteiger charge is -2.22. The third-order valence-electron chi connectivity index (χ3n) is 2.73. The van der Waals surface area contributed by atoms with Gasteiger partial charge in [0.1, 0.15) is 11.5 Å². The molecule has 1 aromatic heterocycles. The monoisotopic (exact) mass is 260 g/mol. The molecule has 0 amide bonds. The van der Waals surface area contributed by atoms with Crippen molar-refractivity contribution in [2.75, 3.05) is 11.4 Å². The Hall–Kier alpha value is -2.43. The molecule has 2 rings (SSSR count). The zero-order chi connectivity index (χ0) is 13.8. The third-order valence-corrected chi connectivity index (χ3v) is 2.73. The Morgan fingerprint density at radius 2 is 1.84 bits per heavy atom. The number of nitrogens with zero attached hydrogens (tertiary/aromatic N) is 2. The van der Waals surface area contributed by atoms with Gasteiger partial charge in [-0.05, 0) is 43.3 Å². The van der Waals surface area contributed by atoms with Crippen molar-refractivity contribution in [1.82, 2.24) is 4.98 Å². The van der Waals surface area contributed by atoms with E-state index in [1.54, 1.807) is 18.2 Å². The molecule has 1 N–H and O–H groups in total. The van der Waals surface area contributed by atoms with Gasteiger partial charge in [-0.3, -0.25) is 0 Å². The first-order valence-electron chi connectivity index (χ1n) is 5.84. The number of pyridine rings is 1. The van der Waals surface area contributed by atoms with Crippen LogP contribution in [0, 0.1) is 5.82 Å². The summed E-state index contributed by atoms with van der Waals surface area (Å²) in [5, 5.41) is 8.80. The summed E-state index contributed by atoms with van der Waals surface area (Å²) in [6, 6.07) is 9.25. The van der Waals surface area contributed by atoms with Gasteiger partial charge >= 0.3 is 5.97 Å². The Morgan fingerprint density at radius 1 is 1.21 bits per heavy atom. The van der Waals surface area contributed by atoms with Crippen molar-refractivity contribution in [3.63, 3.8) is 0 Å². The highest BCUT2D eigenvalue weighted by molar-refractivity contribution is 5.85. The van der Waals surface area contributed by atoms with E-state index in [1.165, 1.54) is 24.4 Å². The van der Waals surface area contributed by atoms with Crippen molar-refractivity contribution in [2.45, 2.75) is 6.92 Å². The molecule has 2 aromatic rings. The summed E-state index contributed by atoms with van der Waals surface area (Å²) < 4.78 is 12.9. The predicted octanol–water partition coefficient (Wildman–Crippen LogP) is 3.08. The van der Waals surface area contributed by atoms with Crippen molar-refractivity contribution >= 4 is 17.3 Å². The lowest BCUT2D eigenvalue weighted by atomic mass is 10.2. The van der Waals surface area contributed by atoms with E-state index in [2.05, 4.69) is 4.98 Å². The number of rotatable bonds is 4. The second kappa shape index (κ2) is 5.48. The van der Waals surface area contributed by atoms with Crippen LogP contribution in [0.1, 0.15) is 17.4 Å². The molecule has 4 nitrogen and oxygen atoms in total. The molecule has 0 saturated carbocycles. The van der Waals surface area contributed by atoms with Crippen LogP contribution in [0.5, 0.6) is 0 Å². The molecule has 0 fully saturated rings. The third kappa shape index (κ3) is 2.88. The fourth-order valence-corrected chi connectivity index (χ4v) is 1.81. The van der Waals surface area contributed by atoms with Crippen LogP contribution in [0.2, 0.25) is 0 Å². The number of carbonyl (C=O) groups is 1. The molecule has 1 aromatic carbocycles. The maximum absolute atomic E-state index is 12.9. The number of carboxylic acids is 1. The van der Waals surface area contributed by atoms with Gasteiger partial charge in [-0.2, -0.15) is 0 Å². The molecule has 0 atom stereocenters. The van der Waals surface area contributed by atoms with Crippen molar-refractivity contribution in [3.8, 4) is 0 Å². The Kier molecular flexibility index (Phi) is 3.75. The summed E-state index contributed by atoms with van der Waals surface area (Å²) in [5.41, 5.74) is 1.59. The number of carboxylic acid groups (broad SMARTS) is 1. The summed E-state index contributed by atoms with van der Waals surface area (Å²) in [5.74, 6) is -1.35. The number of hydrogen-bond donors (Lipinski definition) is 1. The summed E-state index contributed by atoms with van der Waals surface area (Å²) in [4.78, 5) is 16.5. The average Bonchev–Trinajstić information content (AvgIpc) is 2.42. The highest BCUT2D eigenvalue weighted by Crippen LogP contribution is 2.24. The van der Waals surface area contributed by atoms with Crippen LogP contribution >= 0.6 is 0 Å². The van der Waals surface area contributed by atoms with Crippen LogP contribution in [0.25, 0.3) is 0 Å². The summed E-state index contributed by atoms with van der Waals surface area (Å²) in [7, 11) is 0. The average molecular weight is 260 g/mol. The SMILES string of the molecule is CCN(c1ccc(F)cc1)c1ccc(C(=O)O)nc1. The van der Waals surface area contributed by atoms with E-state index in [0.717, 1.165) is 11.4 Å². The maximum atomic E-state index is 12.9. The largest absolute Gasteiger partial charge is 0.477 e.